The third-order valence-electron chi connectivity index (χ3n) is 4.34. The Balaban J connectivity index is 1.67. The smallest absolute Gasteiger partial charge is 0.230 e. The number of rotatable bonds is 4. The van der Waals surface area contributed by atoms with E-state index in [0.29, 0.717) is 6.54 Å². The molecular weight excluding hydrogens is 368 g/mol. The second-order valence-corrected chi connectivity index (χ2v) is 7.04. The van der Waals surface area contributed by atoms with Crippen LogP contribution in [0.2, 0.25) is 0 Å². The number of para-hydroxylation sites is 1. The van der Waals surface area contributed by atoms with E-state index in [9.17, 15) is 9.59 Å². The number of carbonyl (C=O) groups excluding carboxylic acids is 2. The molecule has 3 rings (SSSR count). The lowest BCUT2D eigenvalue weighted by molar-refractivity contribution is -0.125. The summed E-state index contributed by atoms with van der Waals surface area (Å²) in [5, 5.41) is 2.86. The molecule has 0 aromatic heterocycles. The molecule has 1 aliphatic heterocycles. The number of halogens is 1. The number of nitrogens with one attached hydrogen (secondary N) is 1. The van der Waals surface area contributed by atoms with Gasteiger partial charge in [0.15, 0.2) is 0 Å². The van der Waals surface area contributed by atoms with E-state index in [1.165, 1.54) is 0 Å². The van der Waals surface area contributed by atoms with Gasteiger partial charge in [-0.2, -0.15) is 0 Å². The van der Waals surface area contributed by atoms with Crippen LogP contribution in [0.15, 0.2) is 59.1 Å². The van der Waals surface area contributed by atoms with Gasteiger partial charge in [-0.05, 0) is 42.3 Å². The van der Waals surface area contributed by atoms with Gasteiger partial charge in [-0.25, -0.2) is 0 Å². The molecule has 5 heteroatoms. The van der Waals surface area contributed by atoms with Crippen LogP contribution in [-0.4, -0.2) is 18.4 Å². The zero-order chi connectivity index (χ0) is 17.1. The highest BCUT2D eigenvalue weighted by atomic mass is 79.9. The molecule has 0 radical (unpaired) electrons. The predicted octanol–water partition coefficient (Wildman–Crippen LogP) is 4.08. The van der Waals surface area contributed by atoms with Gasteiger partial charge in [-0.15, -0.1) is 0 Å². The molecule has 1 heterocycles. The SMILES string of the molecule is C[C@H]1CN(c2ccc(Br)cc2)C(=O)[C@@H]1CC(=O)Nc1ccccc1. The number of anilines is 2. The highest BCUT2D eigenvalue weighted by Gasteiger charge is 2.39. The van der Waals surface area contributed by atoms with Crippen molar-refractivity contribution < 1.29 is 9.59 Å². The summed E-state index contributed by atoms with van der Waals surface area (Å²) in [7, 11) is 0. The van der Waals surface area contributed by atoms with Gasteiger partial charge in [0.25, 0.3) is 0 Å². The van der Waals surface area contributed by atoms with Crippen molar-refractivity contribution in [2.45, 2.75) is 13.3 Å². The molecule has 2 atom stereocenters. The summed E-state index contributed by atoms with van der Waals surface area (Å²) in [6.45, 7) is 2.67. The largest absolute Gasteiger partial charge is 0.326 e. The van der Waals surface area contributed by atoms with Crippen molar-refractivity contribution in [1.29, 1.82) is 0 Å². The van der Waals surface area contributed by atoms with E-state index in [4.69, 9.17) is 0 Å². The molecule has 2 aromatic rings. The van der Waals surface area contributed by atoms with Crippen LogP contribution in [0.25, 0.3) is 0 Å². The summed E-state index contributed by atoms with van der Waals surface area (Å²) in [4.78, 5) is 26.8. The summed E-state index contributed by atoms with van der Waals surface area (Å²) in [5.41, 5.74) is 1.63. The molecule has 1 aliphatic rings. The average Bonchev–Trinajstić information content (AvgIpc) is 2.85. The van der Waals surface area contributed by atoms with Crippen molar-refractivity contribution in [3.05, 3.63) is 59.1 Å². The molecule has 0 aliphatic carbocycles. The standard InChI is InChI=1S/C19H19BrN2O2/c1-13-12-22(16-9-7-14(20)8-10-16)19(24)17(13)11-18(23)21-15-5-3-2-4-6-15/h2-10,13,17H,11-12H2,1H3,(H,21,23)/t13-,17+/m0/s1. The van der Waals surface area contributed by atoms with Gasteiger partial charge in [-0.1, -0.05) is 41.1 Å². The lowest BCUT2D eigenvalue weighted by Gasteiger charge is -2.17. The molecule has 0 unspecified atom stereocenters. The van der Waals surface area contributed by atoms with Gasteiger partial charge in [0.2, 0.25) is 11.8 Å². The van der Waals surface area contributed by atoms with Crippen LogP contribution >= 0.6 is 15.9 Å². The van der Waals surface area contributed by atoms with Crippen molar-refractivity contribution in [2.24, 2.45) is 11.8 Å². The molecule has 4 nitrogen and oxygen atoms in total. The molecule has 1 fully saturated rings. The van der Waals surface area contributed by atoms with Crippen LogP contribution in [0.5, 0.6) is 0 Å². The fourth-order valence-corrected chi connectivity index (χ4v) is 3.29. The first-order valence-corrected chi connectivity index (χ1v) is 8.76. The van der Waals surface area contributed by atoms with Gasteiger partial charge in [0.05, 0.1) is 5.92 Å². The minimum absolute atomic E-state index is 0.0213. The van der Waals surface area contributed by atoms with E-state index >= 15 is 0 Å². The predicted molar refractivity (Wildman–Crippen MR) is 98.8 cm³/mol. The van der Waals surface area contributed by atoms with Crippen LogP contribution in [0.4, 0.5) is 11.4 Å². The Hall–Kier alpha value is -2.14. The number of hydrogen-bond acceptors (Lipinski definition) is 2. The normalized spacial score (nSPS) is 20.2. The topological polar surface area (TPSA) is 49.4 Å². The first-order chi connectivity index (χ1) is 11.5. The van der Waals surface area contributed by atoms with Gasteiger partial charge in [-0.3, -0.25) is 9.59 Å². The van der Waals surface area contributed by atoms with Crippen LogP contribution in [0.1, 0.15) is 13.3 Å². The van der Waals surface area contributed by atoms with Crippen molar-refractivity contribution in [1.82, 2.24) is 0 Å². The highest BCUT2D eigenvalue weighted by molar-refractivity contribution is 9.10. The minimum atomic E-state index is -0.280. The zero-order valence-corrected chi connectivity index (χ0v) is 15.0. The van der Waals surface area contributed by atoms with Crippen LogP contribution in [0, 0.1) is 11.8 Å². The molecule has 0 spiro atoms. The number of amides is 2. The van der Waals surface area contributed by atoms with Crippen molar-refractivity contribution in [3.63, 3.8) is 0 Å². The van der Waals surface area contributed by atoms with Crippen LogP contribution in [-0.2, 0) is 9.59 Å². The number of hydrogen-bond donors (Lipinski definition) is 1. The lowest BCUT2D eigenvalue weighted by atomic mass is 9.94. The van der Waals surface area contributed by atoms with E-state index in [1.807, 2.05) is 61.5 Å². The number of carbonyl (C=O) groups is 2. The van der Waals surface area contributed by atoms with E-state index < -0.39 is 0 Å². The maximum Gasteiger partial charge on any atom is 0.230 e. The fourth-order valence-electron chi connectivity index (χ4n) is 3.02. The number of benzene rings is 2. The van der Waals surface area contributed by atoms with Gasteiger partial charge in [0.1, 0.15) is 0 Å². The van der Waals surface area contributed by atoms with E-state index in [2.05, 4.69) is 21.2 Å². The monoisotopic (exact) mass is 386 g/mol. The van der Waals surface area contributed by atoms with Gasteiger partial charge < -0.3 is 10.2 Å². The van der Waals surface area contributed by atoms with Gasteiger partial charge in [0, 0.05) is 28.8 Å². The Labute approximate surface area is 150 Å². The van der Waals surface area contributed by atoms with Crippen molar-refractivity contribution in [3.8, 4) is 0 Å². The minimum Gasteiger partial charge on any atom is -0.326 e. The van der Waals surface area contributed by atoms with Gasteiger partial charge >= 0.3 is 0 Å². The zero-order valence-electron chi connectivity index (χ0n) is 13.4. The Morgan fingerprint density at radius 3 is 2.50 bits per heavy atom. The third-order valence-corrected chi connectivity index (χ3v) is 4.87. The first-order valence-electron chi connectivity index (χ1n) is 7.96. The Bertz CT molecular complexity index is 731. The highest BCUT2D eigenvalue weighted by Crippen LogP contribution is 2.32. The second-order valence-electron chi connectivity index (χ2n) is 6.13. The molecular formula is C19H19BrN2O2. The van der Waals surface area contributed by atoms with Crippen LogP contribution in [0.3, 0.4) is 0 Å². The van der Waals surface area contributed by atoms with E-state index in [-0.39, 0.29) is 30.1 Å². The molecule has 0 bridgehead atoms. The number of nitrogens with zero attached hydrogens (tertiary/aromatic N) is 1. The van der Waals surface area contributed by atoms with E-state index in [0.717, 1.165) is 15.8 Å². The Morgan fingerprint density at radius 2 is 1.83 bits per heavy atom. The average molecular weight is 387 g/mol. The van der Waals surface area contributed by atoms with Crippen molar-refractivity contribution in [2.75, 3.05) is 16.8 Å². The maximum atomic E-state index is 12.7. The molecule has 1 saturated heterocycles. The quantitative estimate of drug-likeness (QED) is 0.860. The molecule has 0 saturated carbocycles. The summed E-state index contributed by atoms with van der Waals surface area (Å²) in [6, 6.07) is 17.0. The Kier molecular flexibility index (Phi) is 5.00. The summed E-state index contributed by atoms with van der Waals surface area (Å²) in [5.74, 6) is -0.239. The summed E-state index contributed by atoms with van der Waals surface area (Å²) in [6.07, 6.45) is 0.210. The summed E-state index contributed by atoms with van der Waals surface area (Å²) < 4.78 is 0.977. The summed E-state index contributed by atoms with van der Waals surface area (Å²) >= 11 is 3.40. The first kappa shape index (κ1) is 16.7. The molecule has 2 amide bonds. The molecule has 2 aromatic carbocycles. The van der Waals surface area contributed by atoms with Crippen LogP contribution < -0.4 is 10.2 Å². The third kappa shape index (κ3) is 3.67. The maximum absolute atomic E-state index is 12.7. The second kappa shape index (κ2) is 7.18. The Morgan fingerprint density at radius 1 is 1.17 bits per heavy atom. The molecule has 1 N–H and O–H groups in total. The van der Waals surface area contributed by atoms with Crippen molar-refractivity contribution >= 4 is 39.1 Å². The van der Waals surface area contributed by atoms with E-state index in [1.54, 1.807) is 4.90 Å². The molecule has 124 valence electrons. The molecule has 24 heavy (non-hydrogen) atoms. The fraction of sp³-hybridized carbons (Fsp3) is 0.263. The lowest BCUT2D eigenvalue weighted by Crippen LogP contribution is -2.29.